The predicted octanol–water partition coefficient (Wildman–Crippen LogP) is 0.635. The molecule has 98 valence electrons. The van der Waals surface area contributed by atoms with Crippen molar-refractivity contribution < 1.29 is 4.79 Å². The number of amides is 1. The topological polar surface area (TPSA) is 26.8 Å². The van der Waals surface area contributed by atoms with E-state index < -0.39 is 0 Å². The van der Waals surface area contributed by atoms with Crippen molar-refractivity contribution in [3.05, 3.63) is 0 Å². The van der Waals surface area contributed by atoms with Crippen molar-refractivity contribution in [2.24, 2.45) is 0 Å². The van der Waals surface area contributed by atoms with Gasteiger partial charge in [0, 0.05) is 32.1 Å². The molecule has 17 heavy (non-hydrogen) atoms. The molecule has 0 aromatic carbocycles. The van der Waals surface area contributed by atoms with Gasteiger partial charge in [0.05, 0.1) is 0 Å². The van der Waals surface area contributed by atoms with Gasteiger partial charge in [0.1, 0.15) is 0 Å². The molecule has 1 unspecified atom stereocenters. The number of carbonyl (C=O) groups is 1. The summed E-state index contributed by atoms with van der Waals surface area (Å²) in [6.45, 7) is 5.28. The number of carbonyl (C=O) groups excluding carboxylic acids is 1. The molecule has 2 heterocycles. The first-order chi connectivity index (χ1) is 8.16. The molecule has 4 heteroatoms. The van der Waals surface area contributed by atoms with E-state index in [0.29, 0.717) is 18.4 Å². The number of nitrogens with zero attached hydrogens (tertiary/aromatic N) is 3. The van der Waals surface area contributed by atoms with Gasteiger partial charge >= 0.3 is 0 Å². The minimum Gasteiger partial charge on any atom is -0.341 e. The lowest BCUT2D eigenvalue weighted by molar-refractivity contribution is -0.130. The van der Waals surface area contributed by atoms with E-state index in [4.69, 9.17) is 0 Å². The van der Waals surface area contributed by atoms with Crippen LogP contribution < -0.4 is 0 Å². The van der Waals surface area contributed by atoms with Crippen LogP contribution in [-0.4, -0.2) is 73.5 Å². The van der Waals surface area contributed by atoms with Crippen molar-refractivity contribution in [1.82, 2.24) is 14.7 Å². The number of rotatable bonds is 4. The Hall–Kier alpha value is -0.610. The summed E-state index contributed by atoms with van der Waals surface area (Å²) < 4.78 is 0. The predicted molar refractivity (Wildman–Crippen MR) is 69.0 cm³/mol. The summed E-state index contributed by atoms with van der Waals surface area (Å²) in [5.74, 6) is 0.334. The molecule has 1 atom stereocenters. The third-order valence-electron chi connectivity index (χ3n) is 3.95. The smallest absolute Gasteiger partial charge is 0.223 e. The third kappa shape index (κ3) is 3.42. The average molecular weight is 239 g/mol. The second kappa shape index (κ2) is 5.83. The first kappa shape index (κ1) is 12.8. The van der Waals surface area contributed by atoms with Crippen molar-refractivity contribution in [3.8, 4) is 0 Å². The standard InChI is InChI=1S/C13H25N3O/c1-14(2)9-6-13(17)16-10-5-12(11-16)15-7-3-4-8-15/h12H,3-11H2,1-2H3. The van der Waals surface area contributed by atoms with Crippen LogP contribution in [-0.2, 0) is 4.79 Å². The van der Waals surface area contributed by atoms with Crippen molar-refractivity contribution >= 4 is 5.91 Å². The summed E-state index contributed by atoms with van der Waals surface area (Å²) in [7, 11) is 4.04. The van der Waals surface area contributed by atoms with Gasteiger partial charge in [-0.1, -0.05) is 0 Å². The van der Waals surface area contributed by atoms with E-state index in [1.54, 1.807) is 0 Å². The minimum absolute atomic E-state index is 0.334. The maximum atomic E-state index is 12.0. The monoisotopic (exact) mass is 239 g/mol. The summed E-state index contributed by atoms with van der Waals surface area (Å²) in [6.07, 6.45) is 4.52. The number of hydrogen-bond acceptors (Lipinski definition) is 3. The maximum Gasteiger partial charge on any atom is 0.223 e. The molecule has 0 aliphatic carbocycles. The highest BCUT2D eigenvalue weighted by atomic mass is 16.2. The lowest BCUT2D eigenvalue weighted by Gasteiger charge is -2.23. The van der Waals surface area contributed by atoms with Crippen LogP contribution in [0.5, 0.6) is 0 Å². The Morgan fingerprint density at radius 3 is 2.59 bits per heavy atom. The second-order valence-corrected chi connectivity index (χ2v) is 5.58. The number of likely N-dealkylation sites (tertiary alicyclic amines) is 2. The van der Waals surface area contributed by atoms with Crippen LogP contribution in [0.25, 0.3) is 0 Å². The molecule has 0 bridgehead atoms. The Balaban J connectivity index is 1.74. The third-order valence-corrected chi connectivity index (χ3v) is 3.95. The van der Waals surface area contributed by atoms with Gasteiger partial charge in [0.25, 0.3) is 0 Å². The lowest BCUT2D eigenvalue weighted by Crippen LogP contribution is -2.37. The molecule has 2 saturated heterocycles. The van der Waals surface area contributed by atoms with Gasteiger partial charge in [-0.05, 0) is 46.4 Å². The van der Waals surface area contributed by atoms with E-state index in [9.17, 15) is 4.79 Å². The minimum atomic E-state index is 0.334. The molecular formula is C13H25N3O. The highest BCUT2D eigenvalue weighted by molar-refractivity contribution is 5.76. The molecule has 0 aromatic rings. The Kier molecular flexibility index (Phi) is 4.40. The van der Waals surface area contributed by atoms with Gasteiger partial charge in [-0.25, -0.2) is 0 Å². The van der Waals surface area contributed by atoms with Crippen molar-refractivity contribution in [2.75, 3.05) is 46.8 Å². The fourth-order valence-corrected chi connectivity index (χ4v) is 2.85. The van der Waals surface area contributed by atoms with Gasteiger partial charge in [-0.3, -0.25) is 9.69 Å². The van der Waals surface area contributed by atoms with Crippen LogP contribution in [0.4, 0.5) is 0 Å². The molecule has 1 amide bonds. The number of hydrogen-bond donors (Lipinski definition) is 0. The highest BCUT2D eigenvalue weighted by Gasteiger charge is 2.31. The van der Waals surface area contributed by atoms with Crippen LogP contribution >= 0.6 is 0 Å². The lowest BCUT2D eigenvalue weighted by atomic mass is 10.2. The first-order valence-corrected chi connectivity index (χ1v) is 6.83. The molecule has 2 rings (SSSR count). The molecule has 4 nitrogen and oxygen atoms in total. The molecule has 0 aromatic heterocycles. The van der Waals surface area contributed by atoms with E-state index in [1.807, 2.05) is 14.1 Å². The zero-order valence-corrected chi connectivity index (χ0v) is 11.2. The average Bonchev–Trinajstić information content (AvgIpc) is 2.94. The fraction of sp³-hybridized carbons (Fsp3) is 0.923. The Labute approximate surface area is 105 Å². The molecule has 2 aliphatic rings. The SMILES string of the molecule is CN(C)CCC(=O)N1CCC(N2CCCC2)C1. The van der Waals surface area contributed by atoms with Gasteiger partial charge < -0.3 is 9.80 Å². The molecule has 0 spiro atoms. The van der Waals surface area contributed by atoms with E-state index in [1.165, 1.54) is 32.4 Å². The first-order valence-electron chi connectivity index (χ1n) is 6.83. The van der Waals surface area contributed by atoms with Crippen molar-refractivity contribution in [3.63, 3.8) is 0 Å². The molecule has 0 radical (unpaired) electrons. The van der Waals surface area contributed by atoms with Crippen LogP contribution in [0, 0.1) is 0 Å². The van der Waals surface area contributed by atoms with Gasteiger partial charge in [-0.2, -0.15) is 0 Å². The largest absolute Gasteiger partial charge is 0.341 e. The zero-order chi connectivity index (χ0) is 12.3. The Morgan fingerprint density at radius 2 is 1.94 bits per heavy atom. The maximum absolute atomic E-state index is 12.0. The fourth-order valence-electron chi connectivity index (χ4n) is 2.85. The quantitative estimate of drug-likeness (QED) is 0.720. The Morgan fingerprint density at radius 1 is 1.24 bits per heavy atom. The van der Waals surface area contributed by atoms with Gasteiger partial charge in [0.15, 0.2) is 0 Å². The van der Waals surface area contributed by atoms with E-state index in [0.717, 1.165) is 19.6 Å². The zero-order valence-electron chi connectivity index (χ0n) is 11.2. The summed E-state index contributed by atoms with van der Waals surface area (Å²) in [6, 6.07) is 0.640. The van der Waals surface area contributed by atoms with Crippen LogP contribution in [0.15, 0.2) is 0 Å². The molecule has 2 fully saturated rings. The van der Waals surface area contributed by atoms with Crippen LogP contribution in [0.1, 0.15) is 25.7 Å². The molecule has 2 aliphatic heterocycles. The highest BCUT2D eigenvalue weighted by Crippen LogP contribution is 2.20. The van der Waals surface area contributed by atoms with Crippen molar-refractivity contribution in [1.29, 1.82) is 0 Å². The summed E-state index contributed by atoms with van der Waals surface area (Å²) in [5, 5.41) is 0. The summed E-state index contributed by atoms with van der Waals surface area (Å²) in [5.41, 5.74) is 0. The summed E-state index contributed by atoms with van der Waals surface area (Å²) in [4.78, 5) is 18.7. The normalized spacial score (nSPS) is 26.1. The summed E-state index contributed by atoms with van der Waals surface area (Å²) >= 11 is 0. The van der Waals surface area contributed by atoms with E-state index >= 15 is 0 Å². The van der Waals surface area contributed by atoms with E-state index in [2.05, 4.69) is 14.7 Å². The molecule has 0 saturated carbocycles. The van der Waals surface area contributed by atoms with Crippen LogP contribution in [0.3, 0.4) is 0 Å². The molecular weight excluding hydrogens is 214 g/mol. The van der Waals surface area contributed by atoms with Gasteiger partial charge in [0.2, 0.25) is 5.91 Å². The van der Waals surface area contributed by atoms with E-state index in [-0.39, 0.29) is 0 Å². The molecule has 0 N–H and O–H groups in total. The second-order valence-electron chi connectivity index (χ2n) is 5.58. The van der Waals surface area contributed by atoms with Crippen LogP contribution in [0.2, 0.25) is 0 Å². The van der Waals surface area contributed by atoms with Crippen molar-refractivity contribution in [2.45, 2.75) is 31.7 Å². The Bertz CT molecular complexity index is 261. The van der Waals surface area contributed by atoms with Gasteiger partial charge in [-0.15, -0.1) is 0 Å².